The van der Waals surface area contributed by atoms with Crippen molar-refractivity contribution in [2.75, 3.05) is 17.5 Å². The van der Waals surface area contributed by atoms with Crippen molar-refractivity contribution in [3.05, 3.63) is 82.8 Å². The standard InChI is InChI=1S/C24H24BrN3O5S/c1-3-33-20-12-10-19(11-13-20)28(34(31,32)21-14-8-18(25)9-15-21)16-24(30)27-26-17(2)22-6-4-5-7-23(22)29/h4-15,29H,3,16H2,1-2H3,(H,27,30)/b26-17-. The molecule has 3 rings (SSSR count). The second-order valence-electron chi connectivity index (χ2n) is 7.14. The smallest absolute Gasteiger partial charge is 0.264 e. The van der Waals surface area contributed by atoms with Crippen LogP contribution in [-0.2, 0) is 14.8 Å². The number of sulfonamides is 1. The van der Waals surface area contributed by atoms with Gasteiger partial charge >= 0.3 is 0 Å². The van der Waals surface area contributed by atoms with E-state index in [4.69, 9.17) is 4.74 Å². The molecule has 10 heteroatoms. The van der Waals surface area contributed by atoms with Gasteiger partial charge in [0.15, 0.2) is 0 Å². The van der Waals surface area contributed by atoms with E-state index in [9.17, 15) is 18.3 Å². The molecule has 178 valence electrons. The first-order chi connectivity index (χ1) is 16.2. The van der Waals surface area contributed by atoms with Crippen LogP contribution in [0.2, 0.25) is 0 Å². The molecule has 0 spiro atoms. The highest BCUT2D eigenvalue weighted by Crippen LogP contribution is 2.26. The molecule has 0 bridgehead atoms. The van der Waals surface area contributed by atoms with E-state index in [1.807, 2.05) is 6.92 Å². The van der Waals surface area contributed by atoms with E-state index in [1.165, 1.54) is 18.2 Å². The van der Waals surface area contributed by atoms with Gasteiger partial charge in [-0.1, -0.05) is 28.1 Å². The van der Waals surface area contributed by atoms with E-state index in [0.717, 1.165) is 8.78 Å². The van der Waals surface area contributed by atoms with Crippen molar-refractivity contribution in [2.45, 2.75) is 18.7 Å². The number of amides is 1. The molecule has 0 fully saturated rings. The lowest BCUT2D eigenvalue weighted by Crippen LogP contribution is -2.39. The highest BCUT2D eigenvalue weighted by Gasteiger charge is 2.27. The third-order valence-corrected chi connectivity index (χ3v) is 7.08. The van der Waals surface area contributed by atoms with Crippen LogP contribution < -0.4 is 14.5 Å². The predicted molar refractivity (Wildman–Crippen MR) is 135 cm³/mol. The molecule has 0 saturated carbocycles. The molecule has 0 heterocycles. The van der Waals surface area contributed by atoms with Gasteiger partial charge in [0.25, 0.3) is 15.9 Å². The highest BCUT2D eigenvalue weighted by molar-refractivity contribution is 9.10. The van der Waals surface area contributed by atoms with Crippen molar-refractivity contribution in [1.82, 2.24) is 5.43 Å². The summed E-state index contributed by atoms with van der Waals surface area (Å²) >= 11 is 3.30. The van der Waals surface area contributed by atoms with E-state index in [1.54, 1.807) is 61.5 Å². The van der Waals surface area contributed by atoms with Crippen LogP contribution in [0.1, 0.15) is 19.4 Å². The molecule has 2 N–H and O–H groups in total. The number of hydrogen-bond donors (Lipinski definition) is 2. The summed E-state index contributed by atoms with van der Waals surface area (Å²) in [7, 11) is -4.07. The van der Waals surface area contributed by atoms with Crippen LogP contribution >= 0.6 is 15.9 Å². The number of para-hydroxylation sites is 1. The number of phenolic OH excluding ortho intramolecular Hbond substituents is 1. The molecule has 0 aromatic heterocycles. The first-order valence-corrected chi connectivity index (χ1v) is 12.6. The monoisotopic (exact) mass is 545 g/mol. The molecule has 0 aliphatic carbocycles. The van der Waals surface area contributed by atoms with Crippen molar-refractivity contribution >= 4 is 43.3 Å². The fourth-order valence-electron chi connectivity index (χ4n) is 3.08. The predicted octanol–water partition coefficient (Wildman–Crippen LogP) is 4.29. The van der Waals surface area contributed by atoms with Gasteiger partial charge in [-0.25, -0.2) is 13.8 Å². The Morgan fingerprint density at radius 3 is 2.32 bits per heavy atom. The zero-order valence-electron chi connectivity index (χ0n) is 18.6. The molecule has 1 amide bonds. The van der Waals surface area contributed by atoms with Crippen LogP contribution in [0, 0.1) is 0 Å². The maximum atomic E-state index is 13.4. The number of anilines is 1. The normalized spacial score (nSPS) is 11.7. The van der Waals surface area contributed by atoms with Crippen molar-refractivity contribution in [3.8, 4) is 11.5 Å². The Bertz CT molecular complexity index is 1280. The molecular weight excluding hydrogens is 522 g/mol. The van der Waals surface area contributed by atoms with Crippen LogP contribution in [0.3, 0.4) is 0 Å². The Morgan fingerprint density at radius 1 is 1.06 bits per heavy atom. The van der Waals surface area contributed by atoms with Crippen LogP contribution in [0.4, 0.5) is 5.69 Å². The number of nitrogens with one attached hydrogen (secondary N) is 1. The van der Waals surface area contributed by atoms with Crippen LogP contribution in [0.25, 0.3) is 0 Å². The summed E-state index contributed by atoms with van der Waals surface area (Å²) in [6, 6.07) is 19.1. The second kappa shape index (κ2) is 11.2. The molecule has 34 heavy (non-hydrogen) atoms. The molecule has 3 aromatic rings. The molecule has 8 nitrogen and oxygen atoms in total. The molecule has 0 aliphatic rings. The maximum absolute atomic E-state index is 13.4. The number of hydrogen-bond acceptors (Lipinski definition) is 6. The molecule has 0 unspecified atom stereocenters. The number of hydrazone groups is 1. The lowest BCUT2D eigenvalue weighted by Gasteiger charge is -2.24. The van der Waals surface area contributed by atoms with E-state index in [-0.39, 0.29) is 10.6 Å². The molecule has 0 radical (unpaired) electrons. The number of rotatable bonds is 9. The number of nitrogens with zero attached hydrogens (tertiary/aromatic N) is 2. The van der Waals surface area contributed by atoms with Gasteiger partial charge in [-0.05, 0) is 74.5 Å². The molecule has 0 atom stereocenters. The topological polar surface area (TPSA) is 108 Å². The molecular formula is C24H24BrN3O5S. The number of phenols is 1. The maximum Gasteiger partial charge on any atom is 0.264 e. The van der Waals surface area contributed by atoms with E-state index < -0.39 is 22.5 Å². The minimum Gasteiger partial charge on any atom is -0.507 e. The Kier molecular flexibility index (Phi) is 8.30. The summed E-state index contributed by atoms with van der Waals surface area (Å²) in [6.45, 7) is 3.43. The van der Waals surface area contributed by atoms with Gasteiger partial charge in [0, 0.05) is 10.0 Å². The van der Waals surface area contributed by atoms with Gasteiger partial charge in [-0.15, -0.1) is 0 Å². The van der Waals surface area contributed by atoms with Gasteiger partial charge in [0.05, 0.1) is 22.9 Å². The SMILES string of the molecule is CCOc1ccc(N(CC(=O)N/N=C(/C)c2ccccc2O)S(=O)(=O)c2ccc(Br)cc2)cc1. The number of benzene rings is 3. The van der Waals surface area contributed by atoms with Gasteiger partial charge in [0.1, 0.15) is 18.0 Å². The number of aromatic hydroxyl groups is 1. The van der Waals surface area contributed by atoms with Crippen molar-refractivity contribution in [3.63, 3.8) is 0 Å². The summed E-state index contributed by atoms with van der Waals surface area (Å²) < 4.78 is 34.0. The third kappa shape index (κ3) is 6.15. The summed E-state index contributed by atoms with van der Waals surface area (Å²) in [5, 5.41) is 14.0. The quantitative estimate of drug-likeness (QED) is 0.308. The van der Waals surface area contributed by atoms with Crippen LogP contribution in [-0.4, -0.2) is 38.3 Å². The summed E-state index contributed by atoms with van der Waals surface area (Å²) in [4.78, 5) is 12.8. The van der Waals surface area contributed by atoms with Crippen molar-refractivity contribution < 1.29 is 23.1 Å². The average molecular weight is 546 g/mol. The molecule has 3 aromatic carbocycles. The minimum atomic E-state index is -4.07. The van der Waals surface area contributed by atoms with Crippen LogP contribution in [0.5, 0.6) is 11.5 Å². The van der Waals surface area contributed by atoms with Gasteiger partial charge in [0.2, 0.25) is 0 Å². The minimum absolute atomic E-state index is 0.0202. The summed E-state index contributed by atoms with van der Waals surface area (Å²) in [5.41, 5.74) is 3.49. The lowest BCUT2D eigenvalue weighted by molar-refractivity contribution is -0.119. The van der Waals surface area contributed by atoms with Crippen molar-refractivity contribution in [1.29, 1.82) is 0 Å². The summed E-state index contributed by atoms with van der Waals surface area (Å²) in [6.07, 6.45) is 0. The fourth-order valence-corrected chi connectivity index (χ4v) is 4.76. The highest BCUT2D eigenvalue weighted by atomic mass is 79.9. The average Bonchev–Trinajstić information content (AvgIpc) is 2.82. The zero-order valence-corrected chi connectivity index (χ0v) is 21.0. The number of carbonyl (C=O) groups excluding carboxylic acids is 1. The summed E-state index contributed by atoms with van der Waals surface area (Å²) in [5.74, 6) is -0.0456. The number of halogens is 1. The zero-order chi connectivity index (χ0) is 24.7. The first kappa shape index (κ1) is 25.3. The van der Waals surface area contributed by atoms with Gasteiger partial charge in [-0.3, -0.25) is 9.10 Å². The third-order valence-electron chi connectivity index (χ3n) is 4.77. The second-order valence-corrected chi connectivity index (χ2v) is 9.92. The number of ether oxygens (including phenoxy) is 1. The van der Waals surface area contributed by atoms with E-state index in [0.29, 0.717) is 29.3 Å². The van der Waals surface area contributed by atoms with Crippen molar-refractivity contribution in [2.24, 2.45) is 5.10 Å². The Morgan fingerprint density at radius 2 is 1.71 bits per heavy atom. The van der Waals surface area contributed by atoms with Gasteiger partial charge in [-0.2, -0.15) is 5.10 Å². The Balaban J connectivity index is 1.89. The fraction of sp³-hybridized carbons (Fsp3) is 0.167. The first-order valence-electron chi connectivity index (χ1n) is 10.3. The number of carbonyl (C=O) groups is 1. The van der Waals surface area contributed by atoms with Gasteiger partial charge < -0.3 is 9.84 Å². The Labute approximate surface area is 207 Å². The van der Waals surface area contributed by atoms with E-state index in [2.05, 4.69) is 26.5 Å². The molecule has 0 saturated heterocycles. The van der Waals surface area contributed by atoms with Crippen LogP contribution in [0.15, 0.2) is 87.3 Å². The molecule has 0 aliphatic heterocycles. The van der Waals surface area contributed by atoms with E-state index >= 15 is 0 Å². The largest absolute Gasteiger partial charge is 0.507 e. The lowest BCUT2D eigenvalue weighted by atomic mass is 10.1. The Hall–Kier alpha value is -3.37.